The molecule has 0 heterocycles. The van der Waals surface area contributed by atoms with Crippen molar-refractivity contribution in [1.82, 2.24) is 0 Å². The van der Waals surface area contributed by atoms with Crippen molar-refractivity contribution in [1.29, 1.82) is 0 Å². The van der Waals surface area contributed by atoms with Crippen molar-refractivity contribution >= 4 is 0 Å². The summed E-state index contributed by atoms with van der Waals surface area (Å²) >= 11 is 0. The maximum absolute atomic E-state index is 2.59. The standard InChI is InChI=1S/C17H32/c1-5-6-8-14(3)17(4)10-7-9-15-11-16(15)13(2)12-17/h13-16H,5-12H2,1-4H3. The minimum Gasteiger partial charge on any atom is -0.0654 e. The van der Waals surface area contributed by atoms with E-state index in [1.807, 2.05) is 0 Å². The molecule has 2 aliphatic carbocycles. The number of unbranched alkanes of at least 4 members (excludes halogenated alkanes) is 1. The van der Waals surface area contributed by atoms with E-state index in [1.54, 1.807) is 6.42 Å². The Hall–Kier alpha value is 0. The number of rotatable bonds is 4. The van der Waals surface area contributed by atoms with Crippen LogP contribution in [0.5, 0.6) is 0 Å². The smallest absolute Gasteiger partial charge is 0.0298 e. The fourth-order valence-electron chi connectivity index (χ4n) is 4.36. The predicted molar refractivity (Wildman–Crippen MR) is 76.0 cm³/mol. The van der Waals surface area contributed by atoms with Crippen LogP contribution in [0.3, 0.4) is 0 Å². The Kier molecular flexibility index (Phi) is 4.21. The molecule has 17 heavy (non-hydrogen) atoms. The second-order valence-electron chi connectivity index (χ2n) is 7.43. The van der Waals surface area contributed by atoms with Crippen LogP contribution in [0.4, 0.5) is 0 Å². The topological polar surface area (TPSA) is 0 Å². The molecule has 5 atom stereocenters. The van der Waals surface area contributed by atoms with Gasteiger partial charge in [0.05, 0.1) is 0 Å². The highest BCUT2D eigenvalue weighted by atomic mass is 14.5. The first-order chi connectivity index (χ1) is 8.07. The molecule has 0 amide bonds. The molecule has 2 fully saturated rings. The van der Waals surface area contributed by atoms with Crippen LogP contribution in [-0.2, 0) is 0 Å². The maximum Gasteiger partial charge on any atom is -0.0298 e. The summed E-state index contributed by atoms with van der Waals surface area (Å²) in [6, 6.07) is 0. The lowest BCUT2D eigenvalue weighted by molar-refractivity contribution is 0.109. The lowest BCUT2D eigenvalue weighted by Crippen LogP contribution is -2.29. The predicted octanol–water partition coefficient (Wildman–Crippen LogP) is 5.67. The number of hydrogen-bond acceptors (Lipinski definition) is 0. The summed E-state index contributed by atoms with van der Waals surface area (Å²) in [7, 11) is 0. The zero-order valence-electron chi connectivity index (χ0n) is 12.5. The lowest BCUT2D eigenvalue weighted by Gasteiger charge is -2.40. The van der Waals surface area contributed by atoms with Crippen LogP contribution in [-0.4, -0.2) is 0 Å². The van der Waals surface area contributed by atoms with E-state index in [-0.39, 0.29) is 0 Å². The summed E-state index contributed by atoms with van der Waals surface area (Å²) in [5.41, 5.74) is 0.641. The van der Waals surface area contributed by atoms with Crippen LogP contribution >= 0.6 is 0 Å². The second-order valence-corrected chi connectivity index (χ2v) is 7.43. The third-order valence-electron chi connectivity index (χ3n) is 6.00. The largest absolute Gasteiger partial charge is 0.0654 e. The summed E-state index contributed by atoms with van der Waals surface area (Å²) in [5.74, 6) is 4.16. The van der Waals surface area contributed by atoms with E-state index in [0.717, 1.165) is 23.7 Å². The Morgan fingerprint density at radius 2 is 2.12 bits per heavy atom. The molecule has 0 radical (unpaired) electrons. The molecular weight excluding hydrogens is 204 g/mol. The molecule has 0 aromatic rings. The molecule has 0 aliphatic heterocycles. The van der Waals surface area contributed by atoms with Gasteiger partial charge in [-0.25, -0.2) is 0 Å². The molecule has 0 spiro atoms. The maximum atomic E-state index is 2.59. The second kappa shape index (κ2) is 5.33. The summed E-state index contributed by atoms with van der Waals surface area (Å²) in [6.07, 6.45) is 11.8. The fraction of sp³-hybridized carbons (Fsp3) is 1.00. The van der Waals surface area contributed by atoms with Gasteiger partial charge in [0.25, 0.3) is 0 Å². The van der Waals surface area contributed by atoms with Crippen LogP contribution in [0.1, 0.15) is 79.1 Å². The van der Waals surface area contributed by atoms with Gasteiger partial charge < -0.3 is 0 Å². The molecule has 0 nitrogen and oxygen atoms in total. The molecule has 2 aliphatic rings. The Balaban J connectivity index is 1.95. The van der Waals surface area contributed by atoms with Gasteiger partial charge >= 0.3 is 0 Å². The zero-order valence-corrected chi connectivity index (χ0v) is 12.5. The summed E-state index contributed by atoms with van der Waals surface area (Å²) in [6.45, 7) is 9.96. The van der Waals surface area contributed by atoms with Gasteiger partial charge in [-0.1, -0.05) is 59.8 Å². The van der Waals surface area contributed by atoms with Crippen LogP contribution in [0.15, 0.2) is 0 Å². The Morgan fingerprint density at radius 3 is 2.82 bits per heavy atom. The van der Waals surface area contributed by atoms with Crippen molar-refractivity contribution in [3.8, 4) is 0 Å². The lowest BCUT2D eigenvalue weighted by atomic mass is 9.66. The third-order valence-corrected chi connectivity index (χ3v) is 6.00. The van der Waals surface area contributed by atoms with Crippen LogP contribution < -0.4 is 0 Å². The summed E-state index contributed by atoms with van der Waals surface area (Å²) < 4.78 is 0. The van der Waals surface area contributed by atoms with E-state index in [0.29, 0.717) is 5.41 Å². The molecule has 0 aromatic heterocycles. The molecule has 2 rings (SSSR count). The van der Waals surface area contributed by atoms with Crippen LogP contribution in [0, 0.1) is 29.1 Å². The van der Waals surface area contributed by atoms with E-state index in [4.69, 9.17) is 0 Å². The summed E-state index contributed by atoms with van der Waals surface area (Å²) in [5, 5.41) is 0. The number of fused-ring (bicyclic) bond motifs is 1. The van der Waals surface area contributed by atoms with Gasteiger partial charge in [-0.15, -0.1) is 0 Å². The molecule has 0 N–H and O–H groups in total. The van der Waals surface area contributed by atoms with E-state index >= 15 is 0 Å². The van der Waals surface area contributed by atoms with Crippen molar-refractivity contribution in [2.24, 2.45) is 29.1 Å². The highest BCUT2D eigenvalue weighted by Gasteiger charge is 2.45. The van der Waals surface area contributed by atoms with Gasteiger partial charge in [0.1, 0.15) is 0 Å². The first-order valence-electron chi connectivity index (χ1n) is 8.07. The normalized spacial score (nSPS) is 43.4. The highest BCUT2D eigenvalue weighted by molar-refractivity contribution is 4.95. The van der Waals surface area contributed by atoms with Crippen molar-refractivity contribution < 1.29 is 0 Å². The number of hydrogen-bond donors (Lipinski definition) is 0. The van der Waals surface area contributed by atoms with Crippen LogP contribution in [0.2, 0.25) is 0 Å². The monoisotopic (exact) mass is 236 g/mol. The zero-order chi connectivity index (χ0) is 12.5. The molecule has 5 unspecified atom stereocenters. The first-order valence-corrected chi connectivity index (χ1v) is 8.07. The first kappa shape index (κ1) is 13.4. The average Bonchev–Trinajstić information content (AvgIpc) is 3.03. The van der Waals surface area contributed by atoms with Gasteiger partial charge in [0.2, 0.25) is 0 Å². The molecule has 2 saturated carbocycles. The highest BCUT2D eigenvalue weighted by Crippen LogP contribution is 2.55. The molecule has 0 saturated heterocycles. The van der Waals surface area contributed by atoms with E-state index < -0.39 is 0 Å². The van der Waals surface area contributed by atoms with Gasteiger partial charge in [0, 0.05) is 0 Å². The quantitative estimate of drug-likeness (QED) is 0.590. The van der Waals surface area contributed by atoms with Crippen molar-refractivity contribution in [2.45, 2.75) is 79.1 Å². The van der Waals surface area contributed by atoms with Gasteiger partial charge in [-0.3, -0.25) is 0 Å². The SMILES string of the molecule is CCCCC(C)C1(C)CCCC2CC2C(C)C1. The van der Waals surface area contributed by atoms with E-state index in [2.05, 4.69) is 27.7 Å². The molecular formula is C17H32. The van der Waals surface area contributed by atoms with Gasteiger partial charge in [-0.2, -0.15) is 0 Å². The Labute approximate surface area is 109 Å². The fourth-order valence-corrected chi connectivity index (χ4v) is 4.36. The van der Waals surface area contributed by atoms with Crippen molar-refractivity contribution in [2.75, 3.05) is 0 Å². The molecule has 0 heteroatoms. The van der Waals surface area contributed by atoms with Crippen LogP contribution in [0.25, 0.3) is 0 Å². The van der Waals surface area contributed by atoms with Gasteiger partial charge in [-0.05, 0) is 48.3 Å². The molecule has 0 bridgehead atoms. The minimum atomic E-state index is 0.641. The van der Waals surface area contributed by atoms with E-state index in [1.165, 1.54) is 44.9 Å². The summed E-state index contributed by atoms with van der Waals surface area (Å²) in [4.78, 5) is 0. The van der Waals surface area contributed by atoms with Gasteiger partial charge in [0.15, 0.2) is 0 Å². The molecule has 0 aromatic carbocycles. The average molecular weight is 236 g/mol. The van der Waals surface area contributed by atoms with Crippen molar-refractivity contribution in [3.05, 3.63) is 0 Å². The Bertz CT molecular complexity index is 244. The minimum absolute atomic E-state index is 0.641. The van der Waals surface area contributed by atoms with Crippen molar-refractivity contribution in [3.63, 3.8) is 0 Å². The van der Waals surface area contributed by atoms with E-state index in [9.17, 15) is 0 Å². The molecule has 100 valence electrons. The Morgan fingerprint density at radius 1 is 1.35 bits per heavy atom. The third kappa shape index (κ3) is 3.06.